The fraction of sp³-hybridized carbons (Fsp3) is 0.346. The molecule has 0 saturated heterocycles. The van der Waals surface area contributed by atoms with Gasteiger partial charge in [-0.1, -0.05) is 23.8 Å². The highest BCUT2D eigenvalue weighted by Crippen LogP contribution is 2.33. The molecule has 1 atom stereocenters. The van der Waals surface area contributed by atoms with E-state index in [1.165, 1.54) is 7.11 Å². The minimum Gasteiger partial charge on any atom is -0.453 e. The van der Waals surface area contributed by atoms with Crippen molar-refractivity contribution >= 4 is 41.1 Å². The zero-order chi connectivity index (χ0) is 27.6. The number of anilines is 2. The number of amides is 3. The summed E-state index contributed by atoms with van der Waals surface area (Å²) < 4.78 is 10.0. The number of hydrogen-bond donors (Lipinski definition) is 3. The highest BCUT2D eigenvalue weighted by molar-refractivity contribution is 6.30. The summed E-state index contributed by atoms with van der Waals surface area (Å²) in [5.41, 5.74) is 1.47. The van der Waals surface area contributed by atoms with Gasteiger partial charge in [-0.15, -0.1) is 23.4 Å². The lowest BCUT2D eigenvalue weighted by Gasteiger charge is -2.24. The molecule has 2 aromatic rings. The second kappa shape index (κ2) is 13.4. The molecule has 37 heavy (non-hydrogen) atoms. The van der Waals surface area contributed by atoms with E-state index >= 15 is 0 Å². The van der Waals surface area contributed by atoms with Crippen molar-refractivity contribution in [2.75, 3.05) is 17.7 Å². The number of methoxy groups -OCH3 is 1. The van der Waals surface area contributed by atoms with Crippen LogP contribution in [0.5, 0.6) is 0 Å². The molecule has 2 rings (SSSR count). The molecular formula is C26H32ClN5O5. The topological polar surface area (TPSA) is 132 Å². The molecule has 1 unspecified atom stereocenters. The van der Waals surface area contributed by atoms with Gasteiger partial charge in [-0.2, -0.15) is 0 Å². The Labute approximate surface area is 221 Å². The van der Waals surface area contributed by atoms with E-state index in [2.05, 4.69) is 44.0 Å². The number of nitrogens with one attached hydrogen (secondary N) is 3. The number of carbonyl (C=O) groups is 3. The zero-order valence-corrected chi connectivity index (χ0v) is 22.1. The molecule has 1 aromatic heterocycles. The summed E-state index contributed by atoms with van der Waals surface area (Å²) in [6.45, 7) is 12.7. The Kier molecular flexibility index (Phi) is 10.6. The van der Waals surface area contributed by atoms with Gasteiger partial charge in [0.1, 0.15) is 5.60 Å². The summed E-state index contributed by atoms with van der Waals surface area (Å²) in [6, 6.07) is 5.94. The molecule has 11 heteroatoms. The molecule has 10 nitrogen and oxygen atoms in total. The third-order valence-electron chi connectivity index (χ3n) is 4.82. The second-order valence-electron chi connectivity index (χ2n) is 8.95. The molecule has 198 valence electrons. The number of hydrogen-bond acceptors (Lipinski definition) is 7. The number of alkyl carbamates (subject to hydrolysis) is 1. The number of halogens is 1. The van der Waals surface area contributed by atoms with E-state index in [0.717, 1.165) is 0 Å². The number of ether oxygens (including phenoxy) is 2. The summed E-state index contributed by atoms with van der Waals surface area (Å²) in [5.74, 6) is -0.255. The predicted octanol–water partition coefficient (Wildman–Crippen LogP) is 6.02. The monoisotopic (exact) mass is 529 g/mol. The van der Waals surface area contributed by atoms with E-state index in [0.29, 0.717) is 41.0 Å². The normalized spacial score (nSPS) is 11.6. The van der Waals surface area contributed by atoms with Crippen molar-refractivity contribution in [1.29, 1.82) is 0 Å². The van der Waals surface area contributed by atoms with Gasteiger partial charge >= 0.3 is 12.2 Å². The molecule has 3 N–H and O–H groups in total. The Morgan fingerprint density at radius 1 is 1.08 bits per heavy atom. The van der Waals surface area contributed by atoms with Crippen LogP contribution in [0.4, 0.5) is 21.0 Å². The minimum absolute atomic E-state index is 0.0900. The van der Waals surface area contributed by atoms with Crippen molar-refractivity contribution in [3.63, 3.8) is 0 Å². The molecule has 0 aliphatic heterocycles. The van der Waals surface area contributed by atoms with Gasteiger partial charge < -0.3 is 20.1 Å². The molecule has 0 bridgehead atoms. The average molecular weight is 530 g/mol. The Morgan fingerprint density at radius 3 is 2.43 bits per heavy atom. The lowest BCUT2D eigenvalue weighted by molar-refractivity contribution is -0.116. The summed E-state index contributed by atoms with van der Waals surface area (Å²) in [5, 5.41) is 16.5. The van der Waals surface area contributed by atoms with Crippen molar-refractivity contribution in [3.05, 3.63) is 60.3 Å². The van der Waals surface area contributed by atoms with Crippen LogP contribution in [-0.2, 0) is 14.3 Å². The van der Waals surface area contributed by atoms with E-state index < -0.39 is 23.8 Å². The smallest absolute Gasteiger partial charge is 0.411 e. The fourth-order valence-electron chi connectivity index (χ4n) is 3.21. The Balaban J connectivity index is 2.50. The lowest BCUT2D eigenvalue weighted by atomic mass is 10.0. The first-order valence-electron chi connectivity index (χ1n) is 11.5. The third kappa shape index (κ3) is 9.23. The SMILES string of the molecule is C=CCCC(=O)Nc1cc(NC(=O)OC)ccc1-c1cc(C(CC=C)NC(=O)OC(C)(C)C)c(Cl)nn1. The Morgan fingerprint density at radius 2 is 1.81 bits per heavy atom. The van der Waals surface area contributed by atoms with Gasteiger partial charge in [0.25, 0.3) is 0 Å². The van der Waals surface area contributed by atoms with Crippen LogP contribution >= 0.6 is 11.6 Å². The van der Waals surface area contributed by atoms with E-state index in [-0.39, 0.29) is 17.5 Å². The van der Waals surface area contributed by atoms with Crippen molar-refractivity contribution in [2.45, 2.75) is 51.7 Å². The first-order chi connectivity index (χ1) is 17.5. The van der Waals surface area contributed by atoms with E-state index in [1.807, 2.05) is 0 Å². The van der Waals surface area contributed by atoms with Crippen molar-refractivity contribution in [2.24, 2.45) is 0 Å². The molecule has 0 aliphatic rings. The van der Waals surface area contributed by atoms with Gasteiger partial charge in [-0.25, -0.2) is 9.59 Å². The van der Waals surface area contributed by atoms with Gasteiger partial charge in [0.15, 0.2) is 5.15 Å². The van der Waals surface area contributed by atoms with E-state index in [4.69, 9.17) is 16.3 Å². The van der Waals surface area contributed by atoms with Gasteiger partial charge in [0, 0.05) is 23.2 Å². The highest BCUT2D eigenvalue weighted by Gasteiger charge is 2.23. The quantitative estimate of drug-likeness (QED) is 0.320. The summed E-state index contributed by atoms with van der Waals surface area (Å²) in [6.07, 6.45) is 3.05. The van der Waals surface area contributed by atoms with E-state index in [1.54, 1.807) is 57.2 Å². The lowest BCUT2D eigenvalue weighted by Crippen LogP contribution is -2.35. The number of aromatic nitrogens is 2. The van der Waals surface area contributed by atoms with Crippen LogP contribution in [0.25, 0.3) is 11.3 Å². The molecule has 3 amide bonds. The summed E-state index contributed by atoms with van der Waals surface area (Å²) >= 11 is 6.37. The standard InChI is InChI=1S/C26H32ClN5O5/c1-7-9-11-22(33)29-20-14-16(28-24(34)36-6)12-13-17(20)21-15-18(23(27)32-31-21)19(10-8-2)30-25(35)37-26(3,4)5/h7-8,12-15,19H,1-2,9-11H2,3-6H3,(H,28,34)(H,29,33)(H,30,35). The van der Waals surface area contributed by atoms with Crippen LogP contribution in [0.1, 0.15) is 51.6 Å². The van der Waals surface area contributed by atoms with Crippen LogP contribution in [0.3, 0.4) is 0 Å². The molecule has 1 aromatic carbocycles. The van der Waals surface area contributed by atoms with Gasteiger partial charge in [0.2, 0.25) is 5.91 Å². The number of rotatable bonds is 10. The maximum atomic E-state index is 12.5. The van der Waals surface area contributed by atoms with Crippen LogP contribution in [-0.4, -0.2) is 41.0 Å². The first kappa shape index (κ1) is 29.3. The molecular weight excluding hydrogens is 498 g/mol. The highest BCUT2D eigenvalue weighted by atomic mass is 35.5. The minimum atomic E-state index is -0.688. The van der Waals surface area contributed by atoms with Gasteiger partial charge in [-0.3, -0.25) is 10.1 Å². The third-order valence-corrected chi connectivity index (χ3v) is 5.12. The Bertz CT molecular complexity index is 1160. The number of allylic oxidation sites excluding steroid dienone is 1. The second-order valence-corrected chi connectivity index (χ2v) is 9.31. The van der Waals surface area contributed by atoms with Crippen molar-refractivity contribution in [3.8, 4) is 11.3 Å². The van der Waals surface area contributed by atoms with Gasteiger partial charge in [0.05, 0.1) is 24.5 Å². The maximum Gasteiger partial charge on any atom is 0.411 e. The summed E-state index contributed by atoms with van der Waals surface area (Å²) in [4.78, 5) is 36.6. The predicted molar refractivity (Wildman–Crippen MR) is 143 cm³/mol. The molecule has 0 spiro atoms. The Hall–Kier alpha value is -3.92. The fourth-order valence-corrected chi connectivity index (χ4v) is 3.43. The van der Waals surface area contributed by atoms with E-state index in [9.17, 15) is 14.4 Å². The van der Waals surface area contributed by atoms with Crippen molar-refractivity contribution < 1.29 is 23.9 Å². The molecule has 0 fully saturated rings. The number of benzene rings is 1. The molecule has 0 saturated carbocycles. The first-order valence-corrected chi connectivity index (χ1v) is 11.9. The number of nitrogens with zero attached hydrogens (tertiary/aromatic N) is 2. The maximum absolute atomic E-state index is 12.5. The van der Waals surface area contributed by atoms with Gasteiger partial charge in [-0.05, 0) is 57.9 Å². The zero-order valence-electron chi connectivity index (χ0n) is 21.4. The summed E-state index contributed by atoms with van der Waals surface area (Å²) in [7, 11) is 1.25. The van der Waals surface area contributed by atoms with Crippen LogP contribution < -0.4 is 16.0 Å². The van der Waals surface area contributed by atoms with Crippen LogP contribution in [0.2, 0.25) is 5.15 Å². The van der Waals surface area contributed by atoms with Crippen LogP contribution in [0, 0.1) is 0 Å². The van der Waals surface area contributed by atoms with Crippen LogP contribution in [0.15, 0.2) is 49.6 Å². The molecule has 1 heterocycles. The largest absolute Gasteiger partial charge is 0.453 e. The van der Waals surface area contributed by atoms with Crippen molar-refractivity contribution in [1.82, 2.24) is 15.5 Å². The average Bonchev–Trinajstić information content (AvgIpc) is 2.82. The molecule has 0 aliphatic carbocycles. The molecule has 0 radical (unpaired) electrons. The number of carbonyl (C=O) groups excluding carboxylic acids is 3.